The van der Waals surface area contributed by atoms with Crippen LogP contribution in [0.3, 0.4) is 0 Å². The first-order chi connectivity index (χ1) is 17.9. The molecule has 3 N–H and O–H groups in total. The van der Waals surface area contributed by atoms with Gasteiger partial charge in [0, 0.05) is 35.7 Å². The summed E-state index contributed by atoms with van der Waals surface area (Å²) in [7, 11) is 2.85. The number of ether oxygens (including phenoxy) is 2. The zero-order valence-corrected chi connectivity index (χ0v) is 21.6. The summed E-state index contributed by atoms with van der Waals surface area (Å²) in [5.74, 6) is 4.28. The number of hydrogen-bond acceptors (Lipinski definition) is 8. The van der Waals surface area contributed by atoms with Crippen LogP contribution in [-0.4, -0.2) is 48.5 Å². The molecule has 0 saturated carbocycles. The Hall–Kier alpha value is -3.14. The maximum atomic E-state index is 15.3. The fourth-order valence-electron chi connectivity index (χ4n) is 3.57. The van der Waals surface area contributed by atoms with Crippen molar-refractivity contribution in [2.75, 3.05) is 37.5 Å². The Morgan fingerprint density at radius 2 is 2.00 bits per heavy atom. The number of nitrogens with zero attached hydrogens (tertiary/aromatic N) is 2. The number of aromatic nitrogens is 2. The van der Waals surface area contributed by atoms with Gasteiger partial charge in [0.15, 0.2) is 11.6 Å². The minimum atomic E-state index is -1.27. The molecule has 1 aliphatic heterocycles. The van der Waals surface area contributed by atoms with E-state index in [1.165, 1.54) is 32.7 Å². The third-order valence-corrected chi connectivity index (χ3v) is 7.04. The predicted molar refractivity (Wildman–Crippen MR) is 137 cm³/mol. The van der Waals surface area contributed by atoms with Gasteiger partial charge in [0.05, 0.1) is 44.6 Å². The summed E-state index contributed by atoms with van der Waals surface area (Å²) in [4.78, 5) is 8.86. The molecule has 8 nitrogen and oxygen atoms in total. The molecule has 0 amide bonds. The maximum Gasteiger partial charge on any atom is 0.309 e. The molecule has 1 fully saturated rings. The highest BCUT2D eigenvalue weighted by Crippen LogP contribution is 2.35. The predicted octanol–water partition coefficient (Wildman–Crippen LogP) is 4.08. The van der Waals surface area contributed by atoms with E-state index in [9.17, 15) is 9.50 Å². The first-order valence-electron chi connectivity index (χ1n) is 11.1. The van der Waals surface area contributed by atoms with Gasteiger partial charge < -0.3 is 19.9 Å². The molecule has 2 atom stereocenters. The van der Waals surface area contributed by atoms with Gasteiger partial charge in [-0.3, -0.25) is 0 Å². The molecular weight excluding hydrogens is 526 g/mol. The molecule has 12 heteroatoms. The molecule has 1 aliphatic rings. The minimum absolute atomic E-state index is 0.0435. The summed E-state index contributed by atoms with van der Waals surface area (Å²) in [5, 5.41) is 13.1. The molecule has 37 heavy (non-hydrogen) atoms. The Balaban J connectivity index is 1.57. The van der Waals surface area contributed by atoms with Crippen molar-refractivity contribution in [3.63, 3.8) is 0 Å². The van der Waals surface area contributed by atoms with Gasteiger partial charge in [0.1, 0.15) is 11.5 Å². The Kier molecular flexibility index (Phi) is 9.02. The molecule has 2 aromatic carbocycles. The fourth-order valence-corrected chi connectivity index (χ4v) is 5.23. The number of anilines is 2. The molecular formula is C25H24ClF2N4O4S+. The van der Waals surface area contributed by atoms with E-state index in [0.717, 1.165) is 12.5 Å². The first-order valence-corrected chi connectivity index (χ1v) is 12.6. The van der Waals surface area contributed by atoms with Gasteiger partial charge in [-0.2, -0.15) is 4.72 Å². The number of nitrogens with one attached hydrogen (secondary N) is 2. The summed E-state index contributed by atoms with van der Waals surface area (Å²) in [5.41, 5.74) is 0.358. The van der Waals surface area contributed by atoms with E-state index in [1.54, 1.807) is 12.1 Å². The van der Waals surface area contributed by atoms with Gasteiger partial charge in [-0.1, -0.05) is 23.4 Å². The monoisotopic (exact) mass is 549 g/mol. The molecule has 1 aromatic heterocycles. The van der Waals surface area contributed by atoms with Crippen LogP contribution in [0, 0.1) is 23.5 Å². The van der Waals surface area contributed by atoms with Crippen LogP contribution in [-0.2, 0) is 26.9 Å². The van der Waals surface area contributed by atoms with Crippen molar-refractivity contribution >= 4 is 34.6 Å². The molecule has 0 aliphatic carbocycles. The first kappa shape index (κ1) is 26.9. The number of aliphatic hydroxyl groups excluding tert-OH is 1. The average molecular weight is 550 g/mol. The SMILES string of the molecule is COc1c(CO)cc(Cl)cc1[S+](Nc1ccc(F)c(C#Cc2cnc(NC3CCOC3)nc2)c1F)OC. The lowest BCUT2D eigenvalue weighted by Crippen LogP contribution is -2.20. The number of halogens is 3. The van der Waals surface area contributed by atoms with Crippen LogP contribution in [0.15, 0.2) is 41.6 Å². The van der Waals surface area contributed by atoms with Gasteiger partial charge in [-0.25, -0.2) is 18.7 Å². The van der Waals surface area contributed by atoms with Crippen molar-refractivity contribution in [3.05, 3.63) is 70.0 Å². The molecule has 2 heterocycles. The van der Waals surface area contributed by atoms with Gasteiger partial charge in [-0.05, 0) is 24.6 Å². The second kappa shape index (κ2) is 12.4. The fraction of sp³-hybridized carbons (Fsp3) is 0.280. The van der Waals surface area contributed by atoms with Crippen molar-refractivity contribution in [1.29, 1.82) is 0 Å². The van der Waals surface area contributed by atoms with Gasteiger partial charge in [0.25, 0.3) is 4.90 Å². The highest BCUT2D eigenvalue weighted by Gasteiger charge is 2.33. The molecule has 3 aromatic rings. The highest BCUT2D eigenvalue weighted by molar-refractivity contribution is 7.93. The van der Waals surface area contributed by atoms with E-state index in [0.29, 0.717) is 46.0 Å². The summed E-state index contributed by atoms with van der Waals surface area (Å²) >= 11 is 4.92. The third-order valence-electron chi connectivity index (χ3n) is 5.38. The van der Waals surface area contributed by atoms with Crippen molar-refractivity contribution < 1.29 is 27.5 Å². The van der Waals surface area contributed by atoms with Gasteiger partial charge >= 0.3 is 11.4 Å². The lowest BCUT2D eigenvalue weighted by atomic mass is 10.1. The smallest absolute Gasteiger partial charge is 0.309 e. The maximum absolute atomic E-state index is 15.3. The van der Waals surface area contributed by atoms with Crippen LogP contribution in [0.1, 0.15) is 23.1 Å². The van der Waals surface area contributed by atoms with Gasteiger partial charge in [-0.15, -0.1) is 4.18 Å². The van der Waals surface area contributed by atoms with E-state index < -0.39 is 28.6 Å². The van der Waals surface area contributed by atoms with E-state index in [1.807, 2.05) is 0 Å². The lowest BCUT2D eigenvalue weighted by Gasteiger charge is -2.13. The molecule has 2 unspecified atom stereocenters. The number of aliphatic hydroxyl groups is 1. The molecule has 194 valence electrons. The zero-order chi connectivity index (χ0) is 26.4. The number of methoxy groups -OCH3 is 1. The Labute approximate surface area is 221 Å². The summed E-state index contributed by atoms with van der Waals surface area (Å²) in [6.07, 6.45) is 3.82. The van der Waals surface area contributed by atoms with Crippen LogP contribution < -0.4 is 14.8 Å². The van der Waals surface area contributed by atoms with Crippen LogP contribution in [0.2, 0.25) is 5.02 Å². The van der Waals surface area contributed by atoms with E-state index in [4.69, 9.17) is 25.3 Å². The second-order valence-corrected chi connectivity index (χ2v) is 9.78. The standard InChI is InChI=1S/C25H24ClF2N4O4S/c1-34-24-16(13-33)9-17(26)10-22(24)37(35-2)32-21-6-5-20(27)19(23(21)28)4-3-15-11-29-25(30-12-15)31-18-7-8-36-14-18/h5-6,9-12,18,32-33H,7-8,13-14H2,1-2H3,(H,29,30,31)/q+1. The number of benzene rings is 2. The van der Waals surface area contributed by atoms with E-state index in [-0.39, 0.29) is 18.3 Å². The van der Waals surface area contributed by atoms with Gasteiger partial charge in [0.2, 0.25) is 5.95 Å². The molecule has 1 saturated heterocycles. The topological polar surface area (TPSA) is 97.8 Å². The third kappa shape index (κ3) is 6.41. The van der Waals surface area contributed by atoms with Crippen molar-refractivity contribution in [2.45, 2.75) is 24.0 Å². The van der Waals surface area contributed by atoms with Crippen molar-refractivity contribution in [1.82, 2.24) is 9.97 Å². The zero-order valence-electron chi connectivity index (χ0n) is 20.0. The molecule has 4 rings (SSSR count). The Morgan fingerprint density at radius 1 is 1.22 bits per heavy atom. The minimum Gasteiger partial charge on any atom is -0.491 e. The number of rotatable bonds is 8. The molecule has 0 radical (unpaired) electrons. The largest absolute Gasteiger partial charge is 0.491 e. The lowest BCUT2D eigenvalue weighted by molar-refractivity contribution is 0.195. The summed E-state index contributed by atoms with van der Waals surface area (Å²) < 4.78 is 49.0. The van der Waals surface area contributed by atoms with Crippen LogP contribution in [0.4, 0.5) is 20.4 Å². The normalized spacial score (nSPS) is 15.6. The summed E-state index contributed by atoms with van der Waals surface area (Å²) in [6.45, 7) is 0.956. The summed E-state index contributed by atoms with van der Waals surface area (Å²) in [6, 6.07) is 5.64. The molecule has 0 spiro atoms. The Morgan fingerprint density at radius 3 is 2.65 bits per heavy atom. The molecule has 0 bridgehead atoms. The van der Waals surface area contributed by atoms with Crippen molar-refractivity contribution in [2.24, 2.45) is 0 Å². The van der Waals surface area contributed by atoms with Crippen LogP contribution >= 0.6 is 11.6 Å². The van der Waals surface area contributed by atoms with Crippen LogP contribution in [0.5, 0.6) is 5.75 Å². The van der Waals surface area contributed by atoms with Crippen LogP contribution in [0.25, 0.3) is 0 Å². The van der Waals surface area contributed by atoms with E-state index in [2.05, 4.69) is 31.8 Å². The van der Waals surface area contributed by atoms with Crippen molar-refractivity contribution in [3.8, 4) is 17.6 Å². The quantitative estimate of drug-likeness (QED) is 0.286. The second-order valence-electron chi connectivity index (χ2n) is 7.83. The average Bonchev–Trinajstić information content (AvgIpc) is 3.41. The van der Waals surface area contributed by atoms with E-state index >= 15 is 4.39 Å². The highest BCUT2D eigenvalue weighted by atomic mass is 35.5. The number of hydrogen-bond donors (Lipinski definition) is 3. The Bertz CT molecular complexity index is 1310.